The molecule has 2 aromatic heterocycles. The van der Waals surface area contributed by atoms with E-state index in [1.165, 1.54) is 6.33 Å². The van der Waals surface area contributed by atoms with Crippen LogP contribution in [0.25, 0.3) is 11.2 Å². The van der Waals surface area contributed by atoms with Crippen molar-refractivity contribution in [2.24, 2.45) is 5.73 Å². The highest BCUT2D eigenvalue weighted by Crippen LogP contribution is 2.18. The van der Waals surface area contributed by atoms with Crippen molar-refractivity contribution in [2.45, 2.75) is 12.5 Å². The molecule has 0 aromatic carbocycles. The number of amides is 1. The van der Waals surface area contributed by atoms with Crippen molar-refractivity contribution in [3.63, 3.8) is 0 Å². The number of hydrogen-bond acceptors (Lipinski definition) is 5. The summed E-state index contributed by atoms with van der Waals surface area (Å²) in [6, 6.07) is -0.695. The lowest BCUT2D eigenvalue weighted by Gasteiger charge is -2.08. The van der Waals surface area contributed by atoms with Gasteiger partial charge in [0.2, 0.25) is 11.9 Å². The van der Waals surface area contributed by atoms with E-state index in [0.717, 1.165) is 0 Å². The number of nitrogens with two attached hydrogens (primary N) is 1. The molecule has 0 bridgehead atoms. The average molecular weight is 267 g/mol. The summed E-state index contributed by atoms with van der Waals surface area (Å²) in [4.78, 5) is 26.3. The van der Waals surface area contributed by atoms with Crippen molar-refractivity contribution in [1.29, 1.82) is 0 Å². The first-order valence-corrected chi connectivity index (χ1v) is 5.53. The highest BCUT2D eigenvalue weighted by atomic mass is 35.5. The van der Waals surface area contributed by atoms with Gasteiger partial charge in [0.05, 0.1) is 12.4 Å². The highest BCUT2D eigenvalue weighted by Gasteiger charge is 2.15. The number of aromatic nitrogens is 4. The van der Waals surface area contributed by atoms with Crippen LogP contribution in [0.1, 0.15) is 6.42 Å². The molecule has 1 atom stereocenters. The molecule has 0 aliphatic carbocycles. The molecule has 94 valence electrons. The molecular weight excluding hydrogens is 256 g/mol. The first kappa shape index (κ1) is 12.5. The van der Waals surface area contributed by atoms with Crippen LogP contribution in [0.5, 0.6) is 0 Å². The van der Waals surface area contributed by atoms with E-state index in [-0.39, 0.29) is 11.1 Å². The molecule has 4 N–H and O–H groups in total. The Labute approximate surface area is 107 Å². The number of rotatable bonds is 4. The molecule has 2 rings (SSSR count). The van der Waals surface area contributed by atoms with Gasteiger partial charge in [0.25, 0.3) is 0 Å². The molecule has 0 aliphatic heterocycles. The Kier molecular flexibility index (Phi) is 3.54. The maximum absolute atomic E-state index is 11.7. The zero-order chi connectivity index (χ0) is 13.1. The Balaban J connectivity index is 2.21. The summed E-state index contributed by atoms with van der Waals surface area (Å²) >= 11 is 5.91. The fourth-order valence-electron chi connectivity index (χ4n) is 1.34. The number of imidazole rings is 1. The largest absolute Gasteiger partial charge is 0.341 e. The van der Waals surface area contributed by atoms with Crippen LogP contribution in [-0.4, -0.2) is 31.9 Å². The molecule has 1 amide bonds. The summed E-state index contributed by atoms with van der Waals surface area (Å²) in [5, 5.41) is 2.66. The van der Waals surface area contributed by atoms with Gasteiger partial charge >= 0.3 is 0 Å². The van der Waals surface area contributed by atoms with Crippen LogP contribution in [0.2, 0.25) is 5.15 Å². The minimum atomic E-state index is -0.695. The van der Waals surface area contributed by atoms with E-state index in [1.54, 1.807) is 6.08 Å². The lowest BCUT2D eigenvalue weighted by Crippen LogP contribution is -2.35. The fourth-order valence-corrected chi connectivity index (χ4v) is 1.56. The van der Waals surface area contributed by atoms with E-state index >= 15 is 0 Å². The molecule has 1 unspecified atom stereocenters. The second-order valence-corrected chi connectivity index (χ2v) is 3.92. The smallest absolute Gasteiger partial charge is 0.243 e. The lowest BCUT2D eigenvalue weighted by molar-refractivity contribution is -0.117. The molecule has 7 nitrogen and oxygen atoms in total. The molecule has 0 radical (unpaired) electrons. The van der Waals surface area contributed by atoms with Gasteiger partial charge in [-0.2, -0.15) is 9.97 Å². The van der Waals surface area contributed by atoms with Crippen LogP contribution in [-0.2, 0) is 4.79 Å². The van der Waals surface area contributed by atoms with E-state index in [1.807, 2.05) is 0 Å². The van der Waals surface area contributed by atoms with E-state index in [4.69, 9.17) is 17.3 Å². The SMILES string of the molecule is C=CCC(N)C(=O)Nc1nc(Cl)c2[nH]cnc2n1. The Hall–Kier alpha value is -1.99. The van der Waals surface area contributed by atoms with Crippen molar-refractivity contribution in [2.75, 3.05) is 5.32 Å². The van der Waals surface area contributed by atoms with Gasteiger partial charge in [0.1, 0.15) is 5.52 Å². The third kappa shape index (κ3) is 2.47. The average Bonchev–Trinajstić information content (AvgIpc) is 2.77. The molecule has 0 spiro atoms. The topological polar surface area (TPSA) is 110 Å². The number of nitrogens with zero attached hydrogens (tertiary/aromatic N) is 3. The Morgan fingerprint density at radius 2 is 2.44 bits per heavy atom. The zero-order valence-corrected chi connectivity index (χ0v) is 10.1. The minimum Gasteiger partial charge on any atom is -0.341 e. The second kappa shape index (κ2) is 5.11. The van der Waals surface area contributed by atoms with Crippen molar-refractivity contribution < 1.29 is 4.79 Å². The third-order valence-corrected chi connectivity index (χ3v) is 2.51. The number of nitrogens with one attached hydrogen (secondary N) is 2. The number of H-pyrrole nitrogens is 1. The summed E-state index contributed by atoms with van der Waals surface area (Å²) in [6.07, 6.45) is 3.37. The Morgan fingerprint density at radius 3 is 3.17 bits per heavy atom. The molecule has 2 heterocycles. The summed E-state index contributed by atoms with van der Waals surface area (Å²) in [5.41, 5.74) is 6.51. The number of fused-ring (bicyclic) bond motifs is 1. The third-order valence-electron chi connectivity index (χ3n) is 2.23. The first-order valence-electron chi connectivity index (χ1n) is 5.15. The van der Waals surface area contributed by atoms with Gasteiger partial charge in [-0.15, -0.1) is 6.58 Å². The van der Waals surface area contributed by atoms with Gasteiger partial charge in [-0.1, -0.05) is 17.7 Å². The molecular formula is C10H11ClN6O. The van der Waals surface area contributed by atoms with Gasteiger partial charge in [0.15, 0.2) is 10.8 Å². The predicted molar refractivity (Wildman–Crippen MR) is 68.1 cm³/mol. The highest BCUT2D eigenvalue weighted by molar-refractivity contribution is 6.33. The zero-order valence-electron chi connectivity index (χ0n) is 9.35. The number of hydrogen-bond donors (Lipinski definition) is 3. The van der Waals surface area contributed by atoms with Crippen LogP contribution in [0.4, 0.5) is 5.95 Å². The normalized spacial score (nSPS) is 12.3. The quantitative estimate of drug-likeness (QED) is 0.561. The first-order chi connectivity index (χ1) is 8.61. The van der Waals surface area contributed by atoms with Gasteiger partial charge in [-0.05, 0) is 6.42 Å². The Bertz CT molecular complexity index is 595. The van der Waals surface area contributed by atoms with E-state index < -0.39 is 11.9 Å². The van der Waals surface area contributed by atoms with Crippen LogP contribution in [0.3, 0.4) is 0 Å². The predicted octanol–water partition coefficient (Wildman–Crippen LogP) is 0.848. The van der Waals surface area contributed by atoms with E-state index in [0.29, 0.717) is 17.6 Å². The van der Waals surface area contributed by atoms with Gasteiger partial charge in [0, 0.05) is 0 Å². The maximum Gasteiger partial charge on any atom is 0.243 e. The molecule has 0 aliphatic rings. The van der Waals surface area contributed by atoms with Gasteiger partial charge < -0.3 is 10.7 Å². The minimum absolute atomic E-state index is 0.0733. The van der Waals surface area contributed by atoms with E-state index in [9.17, 15) is 4.79 Å². The summed E-state index contributed by atoms with van der Waals surface area (Å²) < 4.78 is 0. The summed E-state index contributed by atoms with van der Waals surface area (Å²) in [5.74, 6) is -0.329. The monoisotopic (exact) mass is 266 g/mol. The molecule has 0 saturated heterocycles. The Morgan fingerprint density at radius 1 is 1.67 bits per heavy atom. The van der Waals surface area contributed by atoms with Crippen LogP contribution in [0, 0.1) is 0 Å². The fraction of sp³-hybridized carbons (Fsp3) is 0.200. The number of carbonyl (C=O) groups excluding carboxylic acids is 1. The number of aromatic amines is 1. The van der Waals surface area contributed by atoms with E-state index in [2.05, 4.69) is 31.8 Å². The lowest BCUT2D eigenvalue weighted by atomic mass is 10.2. The van der Waals surface area contributed by atoms with Crippen LogP contribution >= 0.6 is 11.6 Å². The number of carbonyl (C=O) groups is 1. The maximum atomic E-state index is 11.7. The molecule has 8 heteroatoms. The van der Waals surface area contributed by atoms with Gasteiger partial charge in [-0.3, -0.25) is 10.1 Å². The molecule has 0 fully saturated rings. The van der Waals surface area contributed by atoms with Gasteiger partial charge in [-0.25, -0.2) is 4.98 Å². The van der Waals surface area contributed by atoms with Crippen molar-refractivity contribution in [1.82, 2.24) is 19.9 Å². The van der Waals surface area contributed by atoms with Crippen molar-refractivity contribution in [3.8, 4) is 0 Å². The molecule has 2 aromatic rings. The second-order valence-electron chi connectivity index (χ2n) is 3.56. The molecule has 0 saturated carbocycles. The standard InChI is InChI=1S/C10H11ClN6O/c1-2-3-5(12)9(18)17-10-15-7(11)6-8(16-10)14-4-13-6/h2,4-5H,1,3,12H2,(H2,13,14,15,16,17,18). The van der Waals surface area contributed by atoms with Crippen LogP contribution < -0.4 is 11.1 Å². The van der Waals surface area contributed by atoms with Crippen molar-refractivity contribution in [3.05, 3.63) is 24.1 Å². The number of halogens is 1. The summed E-state index contributed by atoms with van der Waals surface area (Å²) in [7, 11) is 0. The van der Waals surface area contributed by atoms with Crippen molar-refractivity contribution >= 4 is 34.6 Å². The number of anilines is 1. The van der Waals surface area contributed by atoms with Crippen LogP contribution in [0.15, 0.2) is 19.0 Å². The molecule has 18 heavy (non-hydrogen) atoms. The summed E-state index contributed by atoms with van der Waals surface area (Å²) in [6.45, 7) is 3.51.